The van der Waals surface area contributed by atoms with Gasteiger partial charge in [-0.1, -0.05) is 89.4 Å². The minimum atomic E-state index is 0. The number of benzene rings is 4. The predicted molar refractivity (Wildman–Crippen MR) is 202 cm³/mol. The Hall–Kier alpha value is -3.56. The van der Waals surface area contributed by atoms with Crippen molar-refractivity contribution >= 4 is 86.2 Å². The zero-order valence-electron chi connectivity index (χ0n) is 22.4. The van der Waals surface area contributed by atoms with Gasteiger partial charge in [0.2, 0.25) is 0 Å². The van der Waals surface area contributed by atoms with Gasteiger partial charge in [0, 0.05) is 11.1 Å². The number of nitrogens with zero attached hydrogens (tertiary/aromatic N) is 4. The van der Waals surface area contributed by atoms with Crippen LogP contribution in [0.4, 0.5) is 0 Å². The first-order valence-corrected chi connectivity index (χ1v) is 16.1. The number of thiazole rings is 4. The maximum atomic E-state index is 4.77. The zero-order valence-corrected chi connectivity index (χ0v) is 25.6. The van der Waals surface area contributed by atoms with Crippen LogP contribution in [-0.2, 0) is 0 Å². The van der Waals surface area contributed by atoms with Gasteiger partial charge in [-0.3, -0.25) is 0 Å². The van der Waals surface area contributed by atoms with Gasteiger partial charge < -0.3 is 0 Å². The smallest absolute Gasteiger partial charge is 0.124 e. The fourth-order valence-electron chi connectivity index (χ4n) is 4.57. The molecule has 0 bridgehead atoms. The summed E-state index contributed by atoms with van der Waals surface area (Å²) < 4.78 is 4.90. The van der Waals surface area contributed by atoms with Gasteiger partial charge in [0.05, 0.1) is 50.9 Å². The van der Waals surface area contributed by atoms with Crippen LogP contribution in [0.5, 0.6) is 0 Å². The molecule has 4 nitrogen and oxygen atoms in total. The zero-order chi connectivity index (χ0) is 27.4. The Morgan fingerprint density at radius 1 is 0.386 bits per heavy atom. The number of rotatable bonds is 2. The first-order valence-electron chi connectivity index (χ1n) is 12.9. The topological polar surface area (TPSA) is 51.6 Å². The number of hydrogen-bond donors (Lipinski definition) is 0. The molecule has 0 spiro atoms. The molecule has 0 N–H and O–H groups in total. The molecule has 0 unspecified atom stereocenters. The fourth-order valence-corrected chi connectivity index (χ4v) is 8.31. The van der Waals surface area contributed by atoms with Gasteiger partial charge in [-0.15, -0.1) is 45.3 Å². The molecule has 4 heterocycles. The Morgan fingerprint density at radius 2 is 0.727 bits per heavy atom. The molecule has 0 amide bonds. The number of fused-ring (bicyclic) bond motifs is 4. The third-order valence-electron chi connectivity index (χ3n) is 6.61. The molecule has 0 aliphatic heterocycles. The van der Waals surface area contributed by atoms with E-state index in [0.717, 1.165) is 42.1 Å². The summed E-state index contributed by atoms with van der Waals surface area (Å²) in [4.78, 5) is 18.6. The van der Waals surface area contributed by atoms with Crippen LogP contribution in [0.2, 0.25) is 0 Å². The minimum Gasteiger partial charge on any atom is -0.241 e. The molecule has 0 saturated heterocycles. The van der Waals surface area contributed by atoms with Gasteiger partial charge in [0.15, 0.2) is 0 Å². The van der Waals surface area contributed by atoms with E-state index in [4.69, 9.17) is 9.97 Å². The summed E-state index contributed by atoms with van der Waals surface area (Å²) in [6.45, 7) is 8.29. The quantitative estimate of drug-likeness (QED) is 0.186. The molecule has 0 aliphatic rings. The van der Waals surface area contributed by atoms with Crippen molar-refractivity contribution in [1.82, 2.24) is 19.9 Å². The van der Waals surface area contributed by atoms with Gasteiger partial charge in [-0.25, -0.2) is 19.9 Å². The third-order valence-corrected chi connectivity index (χ3v) is 10.6. The molecule has 8 aromatic rings. The monoisotopic (exact) mass is 656 g/mol. The van der Waals surface area contributed by atoms with Crippen molar-refractivity contribution < 1.29 is 0 Å². The van der Waals surface area contributed by atoms with Crippen molar-refractivity contribution in [3.63, 3.8) is 0 Å². The van der Waals surface area contributed by atoms with Crippen LogP contribution < -0.4 is 0 Å². The second kappa shape index (κ2) is 14.0. The highest BCUT2D eigenvalue weighted by Gasteiger charge is 2.11. The average molecular weight is 657 g/mol. The second-order valence-electron chi connectivity index (χ2n) is 9.81. The average Bonchev–Trinajstić information content (AvgIpc) is 3.70. The van der Waals surface area contributed by atoms with Gasteiger partial charge in [-0.05, 0) is 52.0 Å². The lowest BCUT2D eigenvalue weighted by atomic mass is 10.2. The molecule has 0 atom stereocenters. The lowest BCUT2D eigenvalue weighted by Gasteiger charge is -1.95. The number of aromatic nitrogens is 4. The van der Waals surface area contributed by atoms with E-state index in [1.807, 2.05) is 13.8 Å². The van der Waals surface area contributed by atoms with Crippen LogP contribution >= 0.6 is 45.3 Å². The second-order valence-corrected chi connectivity index (χ2v) is 14.3. The van der Waals surface area contributed by atoms with E-state index in [2.05, 4.69) is 96.6 Å². The van der Waals surface area contributed by atoms with E-state index in [-0.39, 0.29) is 29.7 Å². The van der Waals surface area contributed by atoms with Gasteiger partial charge >= 0.3 is 0 Å². The van der Waals surface area contributed by atoms with Crippen molar-refractivity contribution in [3.05, 3.63) is 93.9 Å². The lowest BCUT2D eigenvalue weighted by Crippen LogP contribution is -1.76. The van der Waals surface area contributed by atoms with Gasteiger partial charge in [0.25, 0.3) is 0 Å². The standard InChI is InChI=1S/2C16H12N2S2.4CH4/c1-9-3-5-11(6-4-9)16-18-13-8-14-12(7-15(13)20-16)17-10(2)19-14;1-9-3-5-11(6-4-9)16-18-13-7-12-14(8-15(13)20-16)19-10(2)17-12;;;;/h2*3-8H,1-2H3;4*1H4. The van der Waals surface area contributed by atoms with Crippen molar-refractivity contribution in [2.24, 2.45) is 0 Å². The van der Waals surface area contributed by atoms with Crippen LogP contribution in [0.25, 0.3) is 62.0 Å². The first kappa shape index (κ1) is 34.9. The molecular formula is C36H40N4S4. The van der Waals surface area contributed by atoms with Crippen LogP contribution in [0.15, 0.2) is 72.8 Å². The molecule has 0 aliphatic carbocycles. The van der Waals surface area contributed by atoms with Crippen molar-refractivity contribution in [2.75, 3.05) is 0 Å². The molecule has 8 heteroatoms. The normalized spacial score (nSPS) is 10.5. The summed E-state index contributed by atoms with van der Waals surface area (Å²) in [7, 11) is 0. The predicted octanol–water partition coefficient (Wildman–Crippen LogP) is 12.9. The van der Waals surface area contributed by atoms with Crippen LogP contribution in [-0.4, -0.2) is 19.9 Å². The van der Waals surface area contributed by atoms with Crippen LogP contribution in [0.1, 0.15) is 50.8 Å². The summed E-state index contributed by atoms with van der Waals surface area (Å²) >= 11 is 6.95. The summed E-state index contributed by atoms with van der Waals surface area (Å²) in [6.07, 6.45) is 0. The molecule has 0 fully saturated rings. The van der Waals surface area contributed by atoms with Crippen molar-refractivity contribution in [3.8, 4) is 21.1 Å². The summed E-state index contributed by atoms with van der Waals surface area (Å²) in [5.74, 6) is 0. The van der Waals surface area contributed by atoms with Gasteiger partial charge in [-0.2, -0.15) is 0 Å². The van der Waals surface area contributed by atoms with E-state index in [1.165, 1.54) is 41.1 Å². The lowest BCUT2D eigenvalue weighted by molar-refractivity contribution is 1.35. The molecule has 0 radical (unpaired) electrons. The Kier molecular flexibility index (Phi) is 11.1. The molecule has 4 aromatic heterocycles. The Balaban J connectivity index is 0.000000220. The minimum absolute atomic E-state index is 0. The SMILES string of the molecule is C.C.C.C.Cc1ccc(-c2nc3cc4nc(C)sc4cc3s2)cc1.Cc1ccc(-c2nc3cc4sc(C)nc4cc3s2)cc1. The van der Waals surface area contributed by atoms with E-state index >= 15 is 0 Å². The van der Waals surface area contributed by atoms with Crippen LogP contribution in [0.3, 0.4) is 0 Å². The maximum absolute atomic E-state index is 4.77. The van der Waals surface area contributed by atoms with E-state index < -0.39 is 0 Å². The molecule has 0 saturated carbocycles. The van der Waals surface area contributed by atoms with Crippen molar-refractivity contribution in [1.29, 1.82) is 0 Å². The Labute approximate surface area is 277 Å². The first-order chi connectivity index (χ1) is 19.4. The third kappa shape index (κ3) is 6.89. The summed E-state index contributed by atoms with van der Waals surface area (Å²) in [5.41, 5.74) is 9.17. The Bertz CT molecular complexity index is 1890. The highest BCUT2D eigenvalue weighted by atomic mass is 32.1. The maximum Gasteiger partial charge on any atom is 0.124 e. The Morgan fingerprint density at radius 3 is 1.20 bits per heavy atom. The number of hydrogen-bond acceptors (Lipinski definition) is 8. The molecule has 44 heavy (non-hydrogen) atoms. The molecule has 228 valence electrons. The van der Waals surface area contributed by atoms with E-state index in [9.17, 15) is 0 Å². The van der Waals surface area contributed by atoms with Crippen LogP contribution in [0, 0.1) is 27.7 Å². The summed E-state index contributed by atoms with van der Waals surface area (Å²) in [5, 5.41) is 4.37. The molecule has 8 rings (SSSR count). The largest absolute Gasteiger partial charge is 0.241 e. The molecular weight excluding hydrogens is 617 g/mol. The van der Waals surface area contributed by atoms with Gasteiger partial charge in [0.1, 0.15) is 10.0 Å². The summed E-state index contributed by atoms with van der Waals surface area (Å²) in [6, 6.07) is 25.7. The highest BCUT2D eigenvalue weighted by Crippen LogP contribution is 2.35. The van der Waals surface area contributed by atoms with Crippen molar-refractivity contribution in [2.45, 2.75) is 57.4 Å². The highest BCUT2D eigenvalue weighted by molar-refractivity contribution is 7.23. The number of aryl methyl sites for hydroxylation is 4. The fraction of sp³-hybridized carbons (Fsp3) is 0.222. The molecule has 4 aromatic carbocycles. The van der Waals surface area contributed by atoms with E-state index in [0.29, 0.717) is 0 Å². The van der Waals surface area contributed by atoms with E-state index in [1.54, 1.807) is 45.3 Å².